The number of para-hydroxylation sites is 5. The quantitative estimate of drug-likeness (QED) is 0.0130. The Kier molecular flexibility index (Phi) is 42.9. The number of nitrogens with one attached hydrogen (secondary N) is 4. The summed E-state index contributed by atoms with van der Waals surface area (Å²) in [6, 6.07) is 61.8. The van der Waals surface area contributed by atoms with Crippen molar-refractivity contribution in [3.8, 4) is 40.2 Å². The molecule has 0 radical (unpaired) electrons. The number of aromatic nitrogens is 16. The first-order valence-electron chi connectivity index (χ1n) is 48.3. The second-order valence-corrected chi connectivity index (χ2v) is 43.2. The number of nitrogens with zero attached hydrogens (tertiary/aromatic N) is 16. The molecule has 16 aromatic rings. The molecule has 150 heavy (non-hydrogen) atoms. The first-order valence-corrected chi connectivity index (χ1v) is 55.5. The van der Waals surface area contributed by atoms with Gasteiger partial charge in [0.15, 0.2) is 45.9 Å². The molecule has 4 unspecified atom stereocenters. The Bertz CT molecular complexity index is 7140. The minimum absolute atomic E-state index is 0.121. The topological polar surface area (TPSA) is 533 Å². The molecule has 0 aliphatic heterocycles. The van der Waals surface area contributed by atoms with Crippen molar-refractivity contribution in [2.24, 2.45) is 0 Å². The van der Waals surface area contributed by atoms with Gasteiger partial charge in [-0.3, -0.25) is 18.3 Å². The van der Waals surface area contributed by atoms with E-state index < -0.39 is 30.1 Å². The van der Waals surface area contributed by atoms with Gasteiger partial charge in [0.05, 0.1) is 150 Å². The standard InChI is InChI=1S/2C26H33N6O5P.C26H33N6O4P.C25H31N6O5P/c1-19-13-23(34-3)10-9-21(19)15-35-12-11-31-38(33,37-22-7-5-4-6-8-22)18-36-20(2)14-32-17-30-24-25(27)28-16-29-26(24)32;1-19-9-10-21(23(13-19)34-3)15-35-12-11-31-38(33,37-22-7-5-4-6-8-22)18-36-20(2)14-32-17-30-24-25(27)28-16-29-26(24)32;1-19-9-10-22(20(2)13-19)15-34-12-11-31-37(33,36-23-7-5-4-6-8-23)18-35-21(3)14-32-17-30-24-25(27)28-16-29-26(24)32;1-19(14-31-17-29-23-24(26)27-16-28-25(23)31)35-18-37(32,36-21-9-4-3-5-10-21)30-12-13-34-15-20-8-6-7-11-22(20)33-2/h2*4-10,13,16-17,20H,11-12,14-15,18H2,1-3H3,(H,31,33)(H2,27,28,29);4-10,13,16-17,21H,11-12,14-15,18H2,1-3H3,(H,31,33)(H2,27,28,29);3-11,16-17,19H,12-15,18H2,1-2H3,(H,30,32)(H2,26,27,28)/t2*20-,38?;21-,37?;19-,37?/m1111/s1. The molecule has 0 amide bonds. The van der Waals surface area contributed by atoms with Crippen molar-refractivity contribution in [2.75, 3.05) is 122 Å². The molecule has 43 nitrogen and oxygen atoms in total. The van der Waals surface area contributed by atoms with Gasteiger partial charge in [0.25, 0.3) is 0 Å². The summed E-state index contributed by atoms with van der Waals surface area (Å²) in [4.78, 5) is 50.0. The van der Waals surface area contributed by atoms with E-state index in [-0.39, 0.29) is 49.8 Å². The van der Waals surface area contributed by atoms with E-state index >= 15 is 0 Å². The van der Waals surface area contributed by atoms with E-state index in [2.05, 4.69) is 112 Å². The second kappa shape index (κ2) is 56.7. The molecule has 0 saturated carbocycles. The molecule has 0 aliphatic carbocycles. The molecule has 12 N–H and O–H groups in total. The zero-order valence-corrected chi connectivity index (χ0v) is 89.2. The highest BCUT2D eigenvalue weighted by atomic mass is 31.2. The van der Waals surface area contributed by atoms with Crippen molar-refractivity contribution in [3.63, 3.8) is 0 Å². The first kappa shape index (κ1) is 113. The van der Waals surface area contributed by atoms with Crippen molar-refractivity contribution < 1.29 is 88.5 Å². The molecule has 8 aromatic heterocycles. The fourth-order valence-corrected chi connectivity index (χ4v) is 21.2. The van der Waals surface area contributed by atoms with Gasteiger partial charge in [-0.05, 0) is 156 Å². The Balaban J connectivity index is 0.000000167. The van der Waals surface area contributed by atoms with Crippen LogP contribution in [0.1, 0.15) is 72.2 Å². The minimum atomic E-state index is -3.42. The number of anilines is 4. The van der Waals surface area contributed by atoms with Crippen LogP contribution in [0.3, 0.4) is 0 Å². The van der Waals surface area contributed by atoms with Crippen molar-refractivity contribution in [1.29, 1.82) is 0 Å². The lowest BCUT2D eigenvalue weighted by molar-refractivity contribution is 0.0814. The summed E-state index contributed by atoms with van der Waals surface area (Å²) in [5.41, 5.74) is 36.7. The fraction of sp³-hybridized carbons (Fsp3) is 0.340. The average Bonchev–Trinajstić information content (AvgIpc) is 1.68. The van der Waals surface area contributed by atoms with Crippen LogP contribution >= 0.6 is 30.1 Å². The number of ether oxygens (including phenoxy) is 11. The van der Waals surface area contributed by atoms with Gasteiger partial charge in [-0.1, -0.05) is 133 Å². The highest BCUT2D eigenvalue weighted by Crippen LogP contribution is 2.47. The molecule has 8 heterocycles. The molecule has 0 saturated heterocycles. The largest absolute Gasteiger partial charge is 0.497 e. The molecule has 796 valence electrons. The third-order valence-corrected chi connectivity index (χ3v) is 29.5. The van der Waals surface area contributed by atoms with E-state index in [9.17, 15) is 18.3 Å². The maximum Gasteiger partial charge on any atom is 0.342 e. The number of benzene rings is 8. The predicted molar refractivity (Wildman–Crippen MR) is 574 cm³/mol. The first-order chi connectivity index (χ1) is 72.5. The maximum atomic E-state index is 13.7. The van der Waals surface area contributed by atoms with Gasteiger partial charge in [0.2, 0.25) is 0 Å². The van der Waals surface area contributed by atoms with Gasteiger partial charge in [-0.2, -0.15) is 0 Å². The van der Waals surface area contributed by atoms with Crippen LogP contribution in [-0.2, 0) is 109 Å². The Hall–Kier alpha value is -13.8. The summed E-state index contributed by atoms with van der Waals surface area (Å²) < 4.78 is 149. The highest BCUT2D eigenvalue weighted by Gasteiger charge is 2.32. The molecule has 0 bridgehead atoms. The maximum absolute atomic E-state index is 13.7. The lowest BCUT2D eigenvalue weighted by Gasteiger charge is -2.23. The van der Waals surface area contributed by atoms with E-state index in [1.807, 2.05) is 193 Å². The molecular formula is C103H130N24O19P4. The number of fused-ring (bicyclic) bond motifs is 4. The van der Waals surface area contributed by atoms with Gasteiger partial charge < -0.3 is 111 Å². The molecule has 0 aliphatic rings. The van der Waals surface area contributed by atoms with Crippen LogP contribution < -0.4 is 75.6 Å². The van der Waals surface area contributed by atoms with Crippen LogP contribution in [0.2, 0.25) is 0 Å². The number of nitrogen functional groups attached to an aromatic ring is 4. The van der Waals surface area contributed by atoms with Gasteiger partial charge in [-0.15, -0.1) is 0 Å². The molecule has 16 rings (SSSR count). The number of hydrogen-bond donors (Lipinski definition) is 8. The summed E-state index contributed by atoms with van der Waals surface area (Å²) in [7, 11) is -8.75. The molecule has 8 atom stereocenters. The summed E-state index contributed by atoms with van der Waals surface area (Å²) >= 11 is 0. The second-order valence-electron chi connectivity index (χ2n) is 34.7. The predicted octanol–water partition coefficient (Wildman–Crippen LogP) is 16.7. The average molecular weight is 2130 g/mol. The van der Waals surface area contributed by atoms with Crippen LogP contribution in [0.15, 0.2) is 251 Å². The van der Waals surface area contributed by atoms with Gasteiger partial charge >= 0.3 is 30.1 Å². The summed E-state index contributed by atoms with van der Waals surface area (Å²) in [6.07, 6.45) is 10.3. The van der Waals surface area contributed by atoms with Crippen LogP contribution in [0.5, 0.6) is 40.2 Å². The van der Waals surface area contributed by atoms with Gasteiger partial charge in [-0.25, -0.2) is 80.2 Å². The normalized spacial score (nSPS) is 13.8. The molecule has 8 aromatic carbocycles. The van der Waals surface area contributed by atoms with Crippen LogP contribution in [-0.4, -0.2) is 202 Å². The third kappa shape index (κ3) is 34.6. The Morgan fingerprint density at radius 2 is 0.567 bits per heavy atom. The lowest BCUT2D eigenvalue weighted by Crippen LogP contribution is -2.25. The number of nitrogens with two attached hydrogens (primary N) is 4. The van der Waals surface area contributed by atoms with Crippen molar-refractivity contribution in [2.45, 2.75) is 132 Å². The number of rotatable bonds is 55. The van der Waals surface area contributed by atoms with Crippen LogP contribution in [0, 0.1) is 27.7 Å². The zero-order chi connectivity index (χ0) is 106. The minimum Gasteiger partial charge on any atom is -0.497 e. The number of aryl methyl sites for hydroxylation is 4. The van der Waals surface area contributed by atoms with E-state index in [0.29, 0.717) is 196 Å². The summed E-state index contributed by atoms with van der Waals surface area (Å²) in [5, 5.41) is 12.1. The SMILES string of the molecule is COc1cc(C)ccc1COCCNP(=O)(CO[C@H](C)Cn1cnc2c(N)ncnc21)Oc1ccccc1.COc1ccc(COCCNP(=O)(CO[C@H](C)Cn2cnc3c(N)ncnc32)Oc2ccccc2)c(C)c1.COc1ccccc1COCCNP(=O)(CO[C@H](C)Cn1cnc2c(N)ncnc21)Oc1ccccc1.Cc1ccc(COCCNP(=O)(CO[C@H](C)Cn2cnc3c(N)ncnc32)Oc2ccccc2)c(C)c1. The molecule has 0 spiro atoms. The van der Waals surface area contributed by atoms with Gasteiger partial charge in [0, 0.05) is 37.3 Å². The number of hydrogen-bond acceptors (Lipinski definition) is 35. The van der Waals surface area contributed by atoms with E-state index in [1.54, 1.807) is 95.2 Å². The summed E-state index contributed by atoms with van der Waals surface area (Å²) in [5.74, 6) is 5.56. The van der Waals surface area contributed by atoms with E-state index in [4.69, 9.17) is 93.1 Å². The van der Waals surface area contributed by atoms with Crippen molar-refractivity contribution in [3.05, 3.63) is 295 Å². The summed E-state index contributed by atoms with van der Waals surface area (Å²) in [6.45, 7) is 21.7. The van der Waals surface area contributed by atoms with Crippen molar-refractivity contribution >= 4 is 98.0 Å². The van der Waals surface area contributed by atoms with Crippen molar-refractivity contribution in [1.82, 2.24) is 98.4 Å². The van der Waals surface area contributed by atoms with E-state index in [1.165, 1.54) is 36.4 Å². The van der Waals surface area contributed by atoms with Gasteiger partial charge in [0.1, 0.15) is 113 Å². The van der Waals surface area contributed by atoms with Crippen LogP contribution in [0.25, 0.3) is 44.7 Å². The fourth-order valence-electron chi connectivity index (χ4n) is 15.0. The highest BCUT2D eigenvalue weighted by molar-refractivity contribution is 7.58. The Morgan fingerprint density at radius 1 is 0.293 bits per heavy atom. The Morgan fingerprint density at radius 3 is 0.867 bits per heavy atom. The molecule has 47 heteroatoms. The Labute approximate surface area is 870 Å². The smallest absolute Gasteiger partial charge is 0.342 e. The van der Waals surface area contributed by atoms with E-state index in [0.717, 1.165) is 50.6 Å². The van der Waals surface area contributed by atoms with Crippen LogP contribution in [0.4, 0.5) is 23.3 Å². The molecule has 0 fully saturated rings. The number of methoxy groups -OCH3 is 3. The monoisotopic (exact) mass is 2130 g/mol. The zero-order valence-electron chi connectivity index (χ0n) is 85.6. The number of imidazole rings is 4. The third-order valence-electron chi connectivity index (χ3n) is 22.7. The lowest BCUT2D eigenvalue weighted by atomic mass is 10.1. The molecular weight excluding hydrogens is 2000 g/mol.